The average molecular weight is 341 g/mol. The first-order chi connectivity index (χ1) is 12.2. The van der Waals surface area contributed by atoms with Crippen LogP contribution in [0.1, 0.15) is 36.5 Å². The van der Waals surface area contributed by atoms with E-state index >= 15 is 0 Å². The van der Waals surface area contributed by atoms with Gasteiger partial charge in [-0.05, 0) is 31.9 Å². The van der Waals surface area contributed by atoms with Gasteiger partial charge in [0.05, 0.1) is 23.3 Å². The van der Waals surface area contributed by atoms with Crippen LogP contribution in [0.25, 0.3) is 11.0 Å². The van der Waals surface area contributed by atoms with E-state index in [1.165, 1.54) is 0 Å². The molecule has 1 aliphatic heterocycles. The lowest BCUT2D eigenvalue weighted by atomic mass is 9.58. The molecule has 1 aromatic heterocycles. The van der Waals surface area contributed by atoms with E-state index in [2.05, 4.69) is 9.97 Å². The Bertz CT molecular complexity index is 779. The second-order valence-electron chi connectivity index (χ2n) is 6.95. The molecule has 1 amide bonds. The number of aliphatic hydroxyl groups is 1. The van der Waals surface area contributed by atoms with Crippen molar-refractivity contribution in [2.45, 2.75) is 38.4 Å². The summed E-state index contributed by atoms with van der Waals surface area (Å²) < 4.78 is 5.80. The molecule has 1 aromatic carbocycles. The van der Waals surface area contributed by atoms with Crippen LogP contribution in [0, 0.1) is 5.41 Å². The first-order valence-electron chi connectivity index (χ1n) is 8.94. The molecule has 1 saturated carbocycles. The Labute approximate surface area is 146 Å². The molecule has 6 heteroatoms. The zero-order valence-electron chi connectivity index (χ0n) is 14.4. The second kappa shape index (κ2) is 6.35. The molecule has 1 N–H and O–H groups in total. The second-order valence-corrected chi connectivity index (χ2v) is 6.95. The Morgan fingerprint density at radius 3 is 2.80 bits per heavy atom. The number of hydrogen-bond donors (Lipinski definition) is 1. The number of benzene rings is 1. The SMILES string of the molecule is CCO[C@H]1C[C@@H](O)C12CCN(C(=O)c1cccc3nccnc13)CC2. The lowest BCUT2D eigenvalue weighted by Gasteiger charge is -2.56. The Kier molecular flexibility index (Phi) is 4.17. The topological polar surface area (TPSA) is 75.6 Å². The monoisotopic (exact) mass is 341 g/mol. The number of rotatable bonds is 3. The number of ether oxygens (including phenoxy) is 1. The number of fused-ring (bicyclic) bond motifs is 1. The van der Waals surface area contributed by atoms with E-state index in [1.54, 1.807) is 12.4 Å². The molecule has 2 aromatic rings. The molecule has 4 rings (SSSR count). The maximum Gasteiger partial charge on any atom is 0.256 e. The minimum absolute atomic E-state index is 0.0114. The van der Waals surface area contributed by atoms with Crippen molar-refractivity contribution in [2.24, 2.45) is 5.41 Å². The molecule has 0 radical (unpaired) electrons. The third-order valence-electron chi connectivity index (χ3n) is 5.82. The molecular formula is C19H23N3O3. The van der Waals surface area contributed by atoms with Gasteiger partial charge in [-0.2, -0.15) is 0 Å². The highest BCUT2D eigenvalue weighted by atomic mass is 16.5. The number of carbonyl (C=O) groups is 1. The van der Waals surface area contributed by atoms with Crippen molar-refractivity contribution in [3.63, 3.8) is 0 Å². The van der Waals surface area contributed by atoms with Crippen LogP contribution < -0.4 is 0 Å². The molecule has 2 heterocycles. The molecule has 0 bridgehead atoms. The van der Waals surface area contributed by atoms with Crippen LogP contribution >= 0.6 is 0 Å². The van der Waals surface area contributed by atoms with Gasteiger partial charge in [0, 0.05) is 43.9 Å². The quantitative estimate of drug-likeness (QED) is 0.924. The van der Waals surface area contributed by atoms with E-state index < -0.39 is 0 Å². The highest BCUT2D eigenvalue weighted by molar-refractivity contribution is 6.04. The van der Waals surface area contributed by atoms with E-state index in [9.17, 15) is 9.90 Å². The Balaban J connectivity index is 1.52. The van der Waals surface area contributed by atoms with Gasteiger partial charge in [0.1, 0.15) is 5.52 Å². The summed E-state index contributed by atoms with van der Waals surface area (Å²) in [4.78, 5) is 23.5. The molecule has 1 spiro atoms. The number of piperidine rings is 1. The fourth-order valence-corrected chi connectivity index (χ4v) is 4.28. The predicted molar refractivity (Wildman–Crippen MR) is 93.1 cm³/mol. The maximum absolute atomic E-state index is 13.0. The van der Waals surface area contributed by atoms with Crippen LogP contribution in [-0.2, 0) is 4.74 Å². The minimum Gasteiger partial charge on any atom is -0.392 e. The van der Waals surface area contributed by atoms with Gasteiger partial charge in [-0.1, -0.05) is 6.07 Å². The summed E-state index contributed by atoms with van der Waals surface area (Å²) in [6.45, 7) is 3.92. The molecule has 6 nitrogen and oxygen atoms in total. The fraction of sp³-hybridized carbons (Fsp3) is 0.526. The number of aromatic nitrogens is 2. The number of hydrogen-bond acceptors (Lipinski definition) is 5. The number of likely N-dealkylation sites (tertiary alicyclic amines) is 1. The van der Waals surface area contributed by atoms with Crippen molar-refractivity contribution in [1.29, 1.82) is 0 Å². The number of nitrogens with zero attached hydrogens (tertiary/aromatic N) is 3. The first-order valence-corrected chi connectivity index (χ1v) is 8.94. The Morgan fingerprint density at radius 2 is 2.08 bits per heavy atom. The molecular weight excluding hydrogens is 318 g/mol. The molecule has 1 saturated heterocycles. The third kappa shape index (κ3) is 2.60. The van der Waals surface area contributed by atoms with E-state index in [0.29, 0.717) is 37.2 Å². The molecule has 25 heavy (non-hydrogen) atoms. The van der Waals surface area contributed by atoms with Gasteiger partial charge in [-0.25, -0.2) is 0 Å². The number of carbonyl (C=O) groups excluding carboxylic acids is 1. The van der Waals surface area contributed by atoms with E-state index in [4.69, 9.17) is 4.74 Å². The van der Waals surface area contributed by atoms with Crippen molar-refractivity contribution in [3.05, 3.63) is 36.2 Å². The van der Waals surface area contributed by atoms with Gasteiger partial charge in [0.25, 0.3) is 5.91 Å². The van der Waals surface area contributed by atoms with Crippen LogP contribution in [0.5, 0.6) is 0 Å². The van der Waals surface area contributed by atoms with Crippen LogP contribution in [0.3, 0.4) is 0 Å². The van der Waals surface area contributed by atoms with Crippen molar-refractivity contribution in [3.8, 4) is 0 Å². The van der Waals surface area contributed by atoms with Crippen molar-refractivity contribution in [1.82, 2.24) is 14.9 Å². The average Bonchev–Trinajstić information content (AvgIpc) is 2.67. The first kappa shape index (κ1) is 16.4. The van der Waals surface area contributed by atoms with Crippen molar-refractivity contribution in [2.75, 3.05) is 19.7 Å². The standard InChI is InChI=1S/C19H23N3O3/c1-2-25-16-12-15(23)19(16)6-10-22(11-7-19)18(24)13-4-3-5-14-17(13)21-9-8-20-14/h3-5,8-9,15-16,23H,2,6-7,10-12H2,1H3/t15-,16+/m1/s1. The molecule has 132 valence electrons. The molecule has 2 atom stereocenters. The van der Waals surface area contributed by atoms with Gasteiger partial charge in [-0.15, -0.1) is 0 Å². The van der Waals surface area contributed by atoms with Gasteiger partial charge in [-0.3, -0.25) is 14.8 Å². The van der Waals surface area contributed by atoms with Crippen LogP contribution in [0.4, 0.5) is 0 Å². The summed E-state index contributed by atoms with van der Waals surface area (Å²) in [5.74, 6) is -0.0114. The lowest BCUT2D eigenvalue weighted by molar-refractivity contribution is -0.207. The summed E-state index contributed by atoms with van der Waals surface area (Å²) in [7, 11) is 0. The summed E-state index contributed by atoms with van der Waals surface area (Å²) in [6.07, 6.45) is 5.32. The van der Waals surface area contributed by atoms with Crippen LogP contribution in [-0.4, -0.2) is 57.8 Å². The molecule has 1 aliphatic carbocycles. The van der Waals surface area contributed by atoms with Crippen LogP contribution in [0.2, 0.25) is 0 Å². The van der Waals surface area contributed by atoms with Crippen LogP contribution in [0.15, 0.2) is 30.6 Å². The number of aliphatic hydroxyl groups excluding tert-OH is 1. The van der Waals surface area contributed by atoms with Gasteiger partial charge in [0.15, 0.2) is 0 Å². The number of amides is 1. The van der Waals surface area contributed by atoms with Gasteiger partial charge >= 0.3 is 0 Å². The molecule has 0 unspecified atom stereocenters. The summed E-state index contributed by atoms with van der Waals surface area (Å²) in [5, 5.41) is 10.3. The summed E-state index contributed by atoms with van der Waals surface area (Å²) >= 11 is 0. The highest BCUT2D eigenvalue weighted by Crippen LogP contribution is 2.51. The molecule has 2 aliphatic rings. The molecule has 2 fully saturated rings. The largest absolute Gasteiger partial charge is 0.392 e. The van der Waals surface area contributed by atoms with Gasteiger partial charge in [0.2, 0.25) is 0 Å². The maximum atomic E-state index is 13.0. The van der Waals surface area contributed by atoms with Crippen molar-refractivity contribution >= 4 is 16.9 Å². The number of para-hydroxylation sites is 1. The zero-order chi connectivity index (χ0) is 17.4. The highest BCUT2D eigenvalue weighted by Gasteiger charge is 2.56. The Morgan fingerprint density at radius 1 is 1.32 bits per heavy atom. The van der Waals surface area contributed by atoms with E-state index in [0.717, 1.165) is 18.4 Å². The van der Waals surface area contributed by atoms with E-state index in [1.807, 2.05) is 30.0 Å². The predicted octanol–water partition coefficient (Wildman–Crippen LogP) is 2.02. The summed E-state index contributed by atoms with van der Waals surface area (Å²) in [6, 6.07) is 5.52. The smallest absolute Gasteiger partial charge is 0.256 e. The Hall–Kier alpha value is -2.05. The van der Waals surface area contributed by atoms with E-state index in [-0.39, 0.29) is 23.5 Å². The minimum atomic E-state index is -0.315. The van der Waals surface area contributed by atoms with Crippen molar-refractivity contribution < 1.29 is 14.6 Å². The summed E-state index contributed by atoms with van der Waals surface area (Å²) in [5.41, 5.74) is 1.79. The lowest BCUT2D eigenvalue weighted by Crippen LogP contribution is -2.62. The fourth-order valence-electron chi connectivity index (χ4n) is 4.28. The van der Waals surface area contributed by atoms with Gasteiger partial charge < -0.3 is 14.7 Å². The zero-order valence-corrected chi connectivity index (χ0v) is 14.4. The third-order valence-corrected chi connectivity index (χ3v) is 5.82. The normalized spacial score (nSPS) is 25.1.